The maximum absolute atomic E-state index is 0. The molecule has 84 valence electrons. The van der Waals surface area contributed by atoms with E-state index >= 15 is 0 Å². The van der Waals surface area contributed by atoms with Crippen molar-refractivity contribution in [1.82, 2.24) is 0 Å². The maximum atomic E-state index is 0. The number of hydrogen-bond acceptors (Lipinski definition) is 0. The Bertz CT molecular complexity index is 4.83. The molecule has 0 aromatic rings. The van der Waals surface area contributed by atoms with E-state index in [-0.39, 0.29) is 104 Å². The first kappa shape index (κ1) is 1110. The van der Waals surface area contributed by atoms with E-state index in [4.69, 9.17) is 0 Å². The fraction of sp³-hybridized carbons (Fsp3) is 0. The van der Waals surface area contributed by atoms with Crippen LogP contribution in [0, 0.1) is 0 Å². The van der Waals surface area contributed by atoms with E-state index in [9.17, 15) is 0 Å². The number of rotatable bonds is 0. The third-order valence-electron chi connectivity index (χ3n) is 0. The average Bonchev–Trinajstić information content (AvgIpc) is 0. The van der Waals surface area contributed by atoms with Crippen molar-refractivity contribution in [2.45, 2.75) is 0 Å². The molecule has 10 nitrogen and oxygen atoms in total. The van der Waals surface area contributed by atoms with Gasteiger partial charge in [-0.3, -0.25) is 0 Å². The quantitative estimate of drug-likeness (QED) is 0.375. The van der Waals surface area contributed by atoms with Crippen LogP contribution in [0.1, 0.15) is 0 Å². The molecule has 0 atom stereocenters. The van der Waals surface area contributed by atoms with Gasteiger partial charge in [0.15, 0.2) is 0 Å². The van der Waals surface area contributed by atoms with Gasteiger partial charge in [-0.15, -0.1) is 0 Å². The molecule has 0 spiro atoms. The third-order valence-corrected chi connectivity index (χ3v) is 0. The summed E-state index contributed by atoms with van der Waals surface area (Å²) in [5.41, 5.74) is 0. The molecule has 0 radical (unpaired) electrons. The molecule has 0 fully saturated rings. The van der Waals surface area contributed by atoms with Gasteiger partial charge in [-0.1, -0.05) is 0 Å². The van der Waals surface area contributed by atoms with Gasteiger partial charge >= 0.3 is 48.9 Å². The molecule has 0 aliphatic rings. The second-order valence-electron chi connectivity index (χ2n) is 0. The van der Waals surface area contributed by atoms with Gasteiger partial charge in [0.05, 0.1) is 0 Å². The molecule has 0 heterocycles. The first-order valence-corrected chi connectivity index (χ1v) is 0. The van der Waals surface area contributed by atoms with E-state index in [0.717, 1.165) is 0 Å². The van der Waals surface area contributed by atoms with Crippen LogP contribution in [-0.2, 0) is 0 Å². The van der Waals surface area contributed by atoms with Crippen LogP contribution in [-0.4, -0.2) is 104 Å². The Kier molecular flexibility index (Phi) is 84800. The van der Waals surface area contributed by atoms with Gasteiger partial charge in [0, 0.05) is 0 Å². The van der Waals surface area contributed by atoms with Crippen LogP contribution in [0.15, 0.2) is 0 Å². The molecule has 20 N–H and O–H groups in total. The number of hydrogen-bond donors (Lipinski definition) is 0. The monoisotopic (exact) mass is 320 g/mol. The standard InChI is InChI=1S/Ba.10H2O.2H/h;10*1H2;;. The van der Waals surface area contributed by atoms with Crippen molar-refractivity contribution in [3.8, 4) is 0 Å². The normalized spacial score (nSPS) is 0. The molecule has 0 rings (SSSR count). The van der Waals surface area contributed by atoms with Crippen LogP contribution in [0.2, 0.25) is 0 Å². The molecule has 0 aliphatic carbocycles. The summed E-state index contributed by atoms with van der Waals surface area (Å²) in [7, 11) is 0. The van der Waals surface area contributed by atoms with Gasteiger partial charge in [-0.2, -0.15) is 0 Å². The van der Waals surface area contributed by atoms with E-state index in [1.54, 1.807) is 0 Å². The summed E-state index contributed by atoms with van der Waals surface area (Å²) in [6.07, 6.45) is 0. The van der Waals surface area contributed by atoms with Gasteiger partial charge in [0.2, 0.25) is 0 Å². The van der Waals surface area contributed by atoms with E-state index in [1.165, 1.54) is 0 Å². The minimum absolute atomic E-state index is 0. The Morgan fingerprint density at radius 2 is 0.182 bits per heavy atom. The van der Waals surface area contributed by atoms with Gasteiger partial charge in [0.1, 0.15) is 0 Å². The van der Waals surface area contributed by atoms with E-state index in [2.05, 4.69) is 0 Å². The molecule has 0 amide bonds. The fourth-order valence-corrected chi connectivity index (χ4v) is 0. The molecule has 0 aromatic carbocycles. The SMILES string of the molecule is O.O.O.O.O.O.O.O.O.O.[BaH2]. The summed E-state index contributed by atoms with van der Waals surface area (Å²) in [6, 6.07) is 0. The Balaban J connectivity index is 0. The van der Waals surface area contributed by atoms with Crippen LogP contribution >= 0.6 is 0 Å². The molecule has 11 heteroatoms. The van der Waals surface area contributed by atoms with Crippen LogP contribution in [0.3, 0.4) is 0 Å². The van der Waals surface area contributed by atoms with Crippen molar-refractivity contribution >= 4 is 48.9 Å². The molecule has 0 aliphatic heterocycles. The summed E-state index contributed by atoms with van der Waals surface area (Å²) in [5, 5.41) is 0. The van der Waals surface area contributed by atoms with Crippen LogP contribution in [0.4, 0.5) is 0 Å². The summed E-state index contributed by atoms with van der Waals surface area (Å²) >= 11 is 0. The van der Waals surface area contributed by atoms with Crippen molar-refractivity contribution in [1.29, 1.82) is 0 Å². The van der Waals surface area contributed by atoms with Crippen molar-refractivity contribution < 1.29 is 54.8 Å². The molecule has 0 bridgehead atoms. The van der Waals surface area contributed by atoms with E-state index < -0.39 is 0 Å². The zero-order valence-electron chi connectivity index (χ0n) is 5.00. The molecular formula is H22BaO10. The van der Waals surface area contributed by atoms with Crippen molar-refractivity contribution in [3.05, 3.63) is 0 Å². The Morgan fingerprint density at radius 3 is 0.182 bits per heavy atom. The predicted molar refractivity (Wildman–Crippen MR) is 44.7 cm³/mol. The molecule has 11 heavy (non-hydrogen) atoms. The second kappa shape index (κ2) is 842. The van der Waals surface area contributed by atoms with Crippen molar-refractivity contribution in [2.75, 3.05) is 0 Å². The topological polar surface area (TPSA) is 315 Å². The Morgan fingerprint density at radius 1 is 0.182 bits per heavy atom. The van der Waals surface area contributed by atoms with Crippen molar-refractivity contribution in [3.63, 3.8) is 0 Å². The van der Waals surface area contributed by atoms with Gasteiger partial charge < -0.3 is 54.8 Å². The van der Waals surface area contributed by atoms with Crippen molar-refractivity contribution in [2.24, 2.45) is 0 Å². The second-order valence-corrected chi connectivity index (χ2v) is 0. The summed E-state index contributed by atoms with van der Waals surface area (Å²) in [5.74, 6) is 0. The first-order chi connectivity index (χ1) is 0. The van der Waals surface area contributed by atoms with Crippen LogP contribution < -0.4 is 0 Å². The molecule has 0 saturated heterocycles. The third kappa shape index (κ3) is 685. The minimum atomic E-state index is 0. The van der Waals surface area contributed by atoms with Gasteiger partial charge in [-0.25, -0.2) is 0 Å². The van der Waals surface area contributed by atoms with E-state index in [1.807, 2.05) is 0 Å². The molecule has 0 aromatic heterocycles. The zero-order valence-corrected chi connectivity index (χ0v) is 5.00. The molecule has 0 unspecified atom stereocenters. The summed E-state index contributed by atoms with van der Waals surface area (Å²) in [4.78, 5) is 0. The Labute approximate surface area is 103 Å². The predicted octanol–water partition coefficient (Wildman–Crippen LogP) is -9.16. The van der Waals surface area contributed by atoms with Crippen LogP contribution in [0.25, 0.3) is 0 Å². The van der Waals surface area contributed by atoms with E-state index in [0.29, 0.717) is 0 Å². The summed E-state index contributed by atoms with van der Waals surface area (Å²) in [6.45, 7) is 0. The average molecular weight is 319 g/mol. The van der Waals surface area contributed by atoms with Crippen LogP contribution in [0.5, 0.6) is 0 Å². The zero-order chi connectivity index (χ0) is 0. The van der Waals surface area contributed by atoms with Gasteiger partial charge in [-0.05, 0) is 0 Å². The van der Waals surface area contributed by atoms with Gasteiger partial charge in [0.25, 0.3) is 0 Å². The fourth-order valence-electron chi connectivity index (χ4n) is 0. The molecule has 0 saturated carbocycles. The summed E-state index contributed by atoms with van der Waals surface area (Å²) < 4.78 is 0. The first-order valence-electron chi connectivity index (χ1n) is 0. The molecular weight excluding hydrogens is 297 g/mol. The Hall–Kier alpha value is 1.17.